The summed E-state index contributed by atoms with van der Waals surface area (Å²) in [4.78, 5) is 57.4. The van der Waals surface area contributed by atoms with E-state index >= 15 is 0 Å². The van der Waals surface area contributed by atoms with E-state index in [0.717, 1.165) is 11.1 Å². The third kappa shape index (κ3) is 11.7. The van der Waals surface area contributed by atoms with E-state index in [1.807, 2.05) is 74.5 Å². The van der Waals surface area contributed by atoms with Crippen molar-refractivity contribution in [1.29, 1.82) is 0 Å². The number of fused-ring (bicyclic) bond motifs is 2. The van der Waals surface area contributed by atoms with Crippen molar-refractivity contribution >= 4 is 33.5 Å². The van der Waals surface area contributed by atoms with Gasteiger partial charge in [-0.1, -0.05) is 74.5 Å². The van der Waals surface area contributed by atoms with Gasteiger partial charge in [0.1, 0.15) is 6.04 Å². The minimum absolute atomic E-state index is 0.0707. The van der Waals surface area contributed by atoms with Crippen LogP contribution in [0, 0.1) is 11.8 Å². The van der Waals surface area contributed by atoms with Crippen molar-refractivity contribution in [2.75, 3.05) is 25.9 Å². The number of sulfonamides is 1. The van der Waals surface area contributed by atoms with E-state index in [9.17, 15) is 27.6 Å². The molecule has 2 saturated heterocycles. The first-order chi connectivity index (χ1) is 24.3. The van der Waals surface area contributed by atoms with Gasteiger partial charge in [0.2, 0.25) is 27.7 Å². The summed E-state index contributed by atoms with van der Waals surface area (Å²) in [5.41, 5.74) is 13.8. The summed E-state index contributed by atoms with van der Waals surface area (Å²) in [6, 6.07) is 15.7. The molecule has 2 heterocycles. The molecule has 2 bridgehead atoms. The van der Waals surface area contributed by atoms with Crippen molar-refractivity contribution in [3.63, 3.8) is 0 Å². The average molecular weight is 725 g/mol. The highest BCUT2D eigenvalue weighted by atomic mass is 32.2. The molecule has 2 aromatic carbocycles. The third-order valence-electron chi connectivity index (χ3n) is 9.93. The number of Topliss-reactive ketones (excluding diaryl/α,β-unsaturated/α-hetero) is 1. The fourth-order valence-electron chi connectivity index (χ4n) is 7.29. The zero-order valence-electron chi connectivity index (χ0n) is 30.2. The summed E-state index contributed by atoms with van der Waals surface area (Å²) in [6.07, 6.45) is 5.07. The molecule has 4 rings (SSSR count). The number of rotatable bonds is 19. The molecule has 0 aliphatic carbocycles. The Morgan fingerprint density at radius 1 is 0.824 bits per heavy atom. The van der Waals surface area contributed by atoms with E-state index in [4.69, 9.17) is 11.5 Å². The van der Waals surface area contributed by atoms with Crippen molar-refractivity contribution in [3.8, 4) is 0 Å². The van der Waals surface area contributed by atoms with E-state index in [1.165, 1.54) is 10.6 Å². The number of carbonyl (C=O) groups is 4. The standard InChI is InChI=1S/C38H56N6O6S/c1-26(2)20-29(23-35(45)34(22-28-14-8-5-9-15-28)42-37(47)32(40)21-27-12-6-4-7-13-27)36(46)41-33(16-10-11-19-39)38(48)44-30-17-18-31(44)25-43(24-30)51(3,49)50/h4-9,12-15,26,29-34H,10-11,16-25,39-40H2,1-3H3,(H,41,46)(H,42,47). The molecule has 6 N–H and O–H groups in total. The Morgan fingerprint density at radius 3 is 1.90 bits per heavy atom. The maximum Gasteiger partial charge on any atom is 0.245 e. The van der Waals surface area contributed by atoms with Gasteiger partial charge in [0.25, 0.3) is 0 Å². The molecule has 3 amide bonds. The Balaban J connectivity index is 1.50. The van der Waals surface area contributed by atoms with Gasteiger partial charge < -0.3 is 27.0 Å². The van der Waals surface area contributed by atoms with Gasteiger partial charge in [-0.25, -0.2) is 8.42 Å². The van der Waals surface area contributed by atoms with Gasteiger partial charge in [0.15, 0.2) is 5.78 Å². The lowest BCUT2D eigenvalue weighted by Crippen LogP contribution is -2.61. The highest BCUT2D eigenvalue weighted by Crippen LogP contribution is 2.32. The van der Waals surface area contributed by atoms with Crippen LogP contribution >= 0.6 is 0 Å². The van der Waals surface area contributed by atoms with Gasteiger partial charge in [-0.05, 0) is 75.0 Å². The Kier molecular flexibility index (Phi) is 14.7. The van der Waals surface area contributed by atoms with Crippen LogP contribution < -0.4 is 22.1 Å². The SMILES string of the molecule is CC(C)CC(CC(=O)C(Cc1ccccc1)NC(=O)C(N)Cc1ccccc1)C(=O)NC(CCCCN)C(=O)N1C2CCC1CN(S(C)(=O)=O)C2. The highest BCUT2D eigenvalue weighted by molar-refractivity contribution is 7.88. The topological polar surface area (TPSA) is 185 Å². The third-order valence-corrected chi connectivity index (χ3v) is 11.2. The first kappa shape index (κ1) is 40.1. The molecule has 2 aromatic rings. The Hall–Kier alpha value is -3.65. The summed E-state index contributed by atoms with van der Waals surface area (Å²) in [6.45, 7) is 4.86. The lowest BCUT2D eigenvalue weighted by molar-refractivity contribution is -0.142. The number of unbranched alkanes of at least 4 members (excludes halogenated alkanes) is 1. The molecule has 12 nitrogen and oxygen atoms in total. The molecule has 13 heteroatoms. The fourth-order valence-corrected chi connectivity index (χ4v) is 8.17. The van der Waals surface area contributed by atoms with Crippen LogP contribution in [-0.4, -0.2) is 97.2 Å². The number of benzene rings is 2. The van der Waals surface area contributed by atoms with Crippen molar-refractivity contribution in [1.82, 2.24) is 19.8 Å². The van der Waals surface area contributed by atoms with Gasteiger partial charge in [-0.2, -0.15) is 4.31 Å². The number of ketones is 1. The van der Waals surface area contributed by atoms with Crippen LogP contribution in [0.5, 0.6) is 0 Å². The van der Waals surface area contributed by atoms with E-state index in [0.29, 0.717) is 51.5 Å². The first-order valence-electron chi connectivity index (χ1n) is 18.2. The highest BCUT2D eigenvalue weighted by Gasteiger charge is 2.46. The van der Waals surface area contributed by atoms with Gasteiger partial charge in [-0.3, -0.25) is 19.2 Å². The van der Waals surface area contributed by atoms with E-state index in [2.05, 4.69) is 10.6 Å². The molecular formula is C38H56N6O6S. The van der Waals surface area contributed by atoms with Crippen LogP contribution in [0.15, 0.2) is 60.7 Å². The lowest BCUT2D eigenvalue weighted by Gasteiger charge is -2.41. The molecular weight excluding hydrogens is 669 g/mol. The molecule has 0 saturated carbocycles. The Bertz CT molecular complexity index is 1560. The maximum absolute atomic E-state index is 14.1. The number of nitrogens with two attached hydrogens (primary N) is 2. The lowest BCUT2D eigenvalue weighted by atomic mass is 9.88. The number of hydrogen-bond acceptors (Lipinski definition) is 8. The maximum atomic E-state index is 14.1. The molecule has 6 unspecified atom stereocenters. The van der Waals surface area contributed by atoms with Crippen molar-refractivity contribution in [2.24, 2.45) is 23.3 Å². The number of amides is 3. The van der Waals surface area contributed by atoms with Crippen LogP contribution in [0.1, 0.15) is 69.9 Å². The average Bonchev–Trinajstić information content (AvgIpc) is 3.35. The number of carbonyl (C=O) groups excluding carboxylic acids is 4. The Labute approximate surface area is 303 Å². The molecule has 2 aliphatic heterocycles. The zero-order chi connectivity index (χ0) is 37.1. The molecule has 2 fully saturated rings. The second-order valence-electron chi connectivity index (χ2n) is 14.6. The zero-order valence-corrected chi connectivity index (χ0v) is 31.0. The normalized spacial score (nSPS) is 20.0. The van der Waals surface area contributed by atoms with Crippen LogP contribution in [0.4, 0.5) is 0 Å². The summed E-state index contributed by atoms with van der Waals surface area (Å²) >= 11 is 0. The summed E-state index contributed by atoms with van der Waals surface area (Å²) in [5.74, 6) is -2.03. The minimum atomic E-state index is -3.40. The van der Waals surface area contributed by atoms with Crippen LogP contribution in [0.25, 0.3) is 0 Å². The predicted octanol–water partition coefficient (Wildman–Crippen LogP) is 2.15. The number of nitrogens with one attached hydrogen (secondary N) is 2. The van der Waals surface area contributed by atoms with E-state index < -0.39 is 45.9 Å². The number of hydrogen-bond donors (Lipinski definition) is 4. The summed E-state index contributed by atoms with van der Waals surface area (Å²) in [5, 5.41) is 5.89. The molecule has 280 valence electrons. The monoisotopic (exact) mass is 724 g/mol. The summed E-state index contributed by atoms with van der Waals surface area (Å²) < 4.78 is 26.0. The number of piperazine rings is 1. The second-order valence-corrected chi connectivity index (χ2v) is 16.6. The van der Waals surface area contributed by atoms with Crippen LogP contribution in [-0.2, 0) is 42.0 Å². The molecule has 0 aromatic heterocycles. The molecule has 2 aliphatic rings. The quantitative estimate of drug-likeness (QED) is 0.159. The molecule has 6 atom stereocenters. The molecule has 51 heavy (non-hydrogen) atoms. The van der Waals surface area contributed by atoms with Crippen molar-refractivity contribution in [2.45, 2.75) is 102 Å². The van der Waals surface area contributed by atoms with Gasteiger partial charge in [0, 0.05) is 37.5 Å². The Morgan fingerprint density at radius 2 is 1.37 bits per heavy atom. The van der Waals surface area contributed by atoms with Crippen LogP contribution in [0.2, 0.25) is 0 Å². The minimum Gasteiger partial charge on any atom is -0.345 e. The fraction of sp³-hybridized carbons (Fsp3) is 0.579. The largest absolute Gasteiger partial charge is 0.345 e. The second kappa shape index (κ2) is 18.7. The smallest absolute Gasteiger partial charge is 0.245 e. The van der Waals surface area contributed by atoms with Gasteiger partial charge in [0.05, 0.1) is 18.3 Å². The summed E-state index contributed by atoms with van der Waals surface area (Å²) in [7, 11) is -3.40. The van der Waals surface area contributed by atoms with E-state index in [-0.39, 0.29) is 55.6 Å². The predicted molar refractivity (Wildman–Crippen MR) is 198 cm³/mol. The van der Waals surface area contributed by atoms with Crippen molar-refractivity contribution in [3.05, 3.63) is 71.8 Å². The first-order valence-corrected chi connectivity index (χ1v) is 20.1. The molecule has 0 spiro atoms. The van der Waals surface area contributed by atoms with Gasteiger partial charge >= 0.3 is 0 Å². The van der Waals surface area contributed by atoms with Crippen LogP contribution in [0.3, 0.4) is 0 Å². The van der Waals surface area contributed by atoms with Crippen molar-refractivity contribution < 1.29 is 27.6 Å². The van der Waals surface area contributed by atoms with Gasteiger partial charge in [-0.15, -0.1) is 0 Å². The molecule has 0 radical (unpaired) electrons. The number of nitrogens with zero attached hydrogens (tertiary/aromatic N) is 2. The van der Waals surface area contributed by atoms with E-state index in [1.54, 1.807) is 4.90 Å².